The van der Waals surface area contributed by atoms with Crippen molar-refractivity contribution in [1.29, 1.82) is 0 Å². The summed E-state index contributed by atoms with van der Waals surface area (Å²) in [5.74, 6) is -1.24. The van der Waals surface area contributed by atoms with E-state index in [9.17, 15) is 18.0 Å². The molecule has 2 heterocycles. The molecule has 2 fully saturated rings. The van der Waals surface area contributed by atoms with Gasteiger partial charge in [-0.05, 0) is 29.8 Å². The summed E-state index contributed by atoms with van der Waals surface area (Å²) in [5.41, 5.74) is 2.04. The minimum Gasteiger partial charge on any atom is -0.336 e. The second-order valence-electron chi connectivity index (χ2n) is 7.88. The Balaban J connectivity index is 1.38. The highest BCUT2D eigenvalue weighted by Crippen LogP contribution is 2.28. The molecular formula is C22H25N3O4S. The minimum atomic E-state index is -3.64. The van der Waals surface area contributed by atoms with Gasteiger partial charge in [-0.2, -0.15) is 0 Å². The summed E-state index contributed by atoms with van der Waals surface area (Å²) >= 11 is 0. The van der Waals surface area contributed by atoms with Crippen LogP contribution in [0.3, 0.4) is 0 Å². The van der Waals surface area contributed by atoms with Crippen molar-refractivity contribution in [2.45, 2.75) is 13.5 Å². The van der Waals surface area contributed by atoms with Crippen LogP contribution in [0.4, 0.5) is 5.69 Å². The van der Waals surface area contributed by atoms with Gasteiger partial charge in [0.15, 0.2) is 0 Å². The number of hydrogen-bond donors (Lipinski definition) is 0. The van der Waals surface area contributed by atoms with Crippen LogP contribution in [0, 0.1) is 5.92 Å². The molecule has 7 nitrogen and oxygen atoms in total. The summed E-state index contributed by atoms with van der Waals surface area (Å²) in [6.45, 7) is 5.37. The van der Waals surface area contributed by atoms with Crippen LogP contribution in [0.2, 0.25) is 0 Å². The highest BCUT2D eigenvalue weighted by atomic mass is 32.2. The number of benzene rings is 2. The lowest BCUT2D eigenvalue weighted by molar-refractivity contribution is -0.119. The molecule has 0 aromatic heterocycles. The zero-order valence-corrected chi connectivity index (χ0v) is 17.7. The summed E-state index contributed by atoms with van der Waals surface area (Å²) in [5, 5.41) is 0. The molecule has 1 atom stereocenters. The van der Waals surface area contributed by atoms with Crippen LogP contribution in [0.1, 0.15) is 22.8 Å². The first-order valence-corrected chi connectivity index (χ1v) is 11.7. The number of sulfonamides is 1. The third-order valence-corrected chi connectivity index (χ3v) is 7.49. The zero-order valence-electron chi connectivity index (χ0n) is 16.9. The van der Waals surface area contributed by atoms with E-state index in [1.165, 1.54) is 17.7 Å². The Labute approximate surface area is 176 Å². The molecule has 0 radical (unpaired) electrons. The lowest BCUT2D eigenvalue weighted by Gasteiger charge is -2.34. The molecule has 4 rings (SSSR count). The molecule has 2 aliphatic heterocycles. The van der Waals surface area contributed by atoms with Gasteiger partial charge in [-0.25, -0.2) is 12.7 Å². The summed E-state index contributed by atoms with van der Waals surface area (Å²) in [6, 6.07) is 16.5. The van der Waals surface area contributed by atoms with Crippen LogP contribution in [-0.4, -0.2) is 62.0 Å². The van der Waals surface area contributed by atoms with Crippen molar-refractivity contribution in [2.75, 3.05) is 36.2 Å². The first-order chi connectivity index (χ1) is 14.3. The highest BCUT2D eigenvalue weighted by Gasteiger charge is 2.41. The van der Waals surface area contributed by atoms with Crippen molar-refractivity contribution in [2.24, 2.45) is 5.92 Å². The number of nitrogens with zero attached hydrogens (tertiary/aromatic N) is 3. The molecule has 2 aromatic rings. The van der Waals surface area contributed by atoms with Crippen LogP contribution in [0.5, 0.6) is 0 Å². The molecule has 2 saturated heterocycles. The maximum atomic E-state index is 12.8. The quantitative estimate of drug-likeness (QED) is 0.745. The van der Waals surface area contributed by atoms with Crippen molar-refractivity contribution in [3.8, 4) is 0 Å². The largest absolute Gasteiger partial charge is 0.336 e. The van der Waals surface area contributed by atoms with Crippen LogP contribution in [0.15, 0.2) is 54.6 Å². The Morgan fingerprint density at radius 2 is 1.60 bits per heavy atom. The standard InChI is InChI=1S/C22H25N3O4S/c1-17-16-30(28,29)25(21(17)26)20-9-7-19(8-10-20)22(27)24-13-11-23(12-14-24)15-18-5-3-2-4-6-18/h2-10,17H,11-16H2,1H3/t17-/m0/s1. The van der Waals surface area contributed by atoms with E-state index in [4.69, 9.17) is 0 Å². The Hall–Kier alpha value is -2.71. The van der Waals surface area contributed by atoms with Crippen molar-refractivity contribution in [3.63, 3.8) is 0 Å². The van der Waals surface area contributed by atoms with E-state index in [1.807, 2.05) is 23.1 Å². The van der Waals surface area contributed by atoms with Crippen LogP contribution < -0.4 is 4.31 Å². The maximum Gasteiger partial charge on any atom is 0.253 e. The summed E-state index contributed by atoms with van der Waals surface area (Å²) in [6.07, 6.45) is 0. The van der Waals surface area contributed by atoms with E-state index < -0.39 is 21.8 Å². The summed E-state index contributed by atoms with van der Waals surface area (Å²) < 4.78 is 25.3. The van der Waals surface area contributed by atoms with Gasteiger partial charge in [-0.1, -0.05) is 37.3 Å². The van der Waals surface area contributed by atoms with E-state index >= 15 is 0 Å². The van der Waals surface area contributed by atoms with Gasteiger partial charge in [0.25, 0.3) is 5.91 Å². The SMILES string of the molecule is C[C@H]1CS(=O)(=O)N(c2ccc(C(=O)N3CCN(Cc4ccccc4)CC3)cc2)C1=O. The molecule has 0 spiro atoms. The third-order valence-electron chi connectivity index (χ3n) is 5.62. The molecule has 8 heteroatoms. The predicted octanol–water partition coefficient (Wildman–Crippen LogP) is 1.96. The number of hydrogen-bond acceptors (Lipinski definition) is 5. The van der Waals surface area contributed by atoms with E-state index in [1.54, 1.807) is 19.1 Å². The Morgan fingerprint density at radius 1 is 0.967 bits per heavy atom. The van der Waals surface area contributed by atoms with E-state index in [0.717, 1.165) is 23.9 Å². The number of carbonyl (C=O) groups excluding carboxylic acids is 2. The Bertz CT molecular complexity index is 1030. The Kier molecular flexibility index (Phi) is 5.62. The van der Waals surface area contributed by atoms with Gasteiger partial charge in [0.1, 0.15) is 0 Å². The lowest BCUT2D eigenvalue weighted by atomic mass is 10.1. The molecule has 30 heavy (non-hydrogen) atoms. The first-order valence-electron chi connectivity index (χ1n) is 10.1. The van der Waals surface area contributed by atoms with Crippen molar-refractivity contribution >= 4 is 27.5 Å². The average Bonchev–Trinajstić information content (AvgIpc) is 2.95. The van der Waals surface area contributed by atoms with Gasteiger partial charge in [-0.3, -0.25) is 14.5 Å². The smallest absolute Gasteiger partial charge is 0.253 e. The number of carbonyl (C=O) groups is 2. The average molecular weight is 428 g/mol. The Morgan fingerprint density at radius 3 is 2.17 bits per heavy atom. The van der Waals surface area contributed by atoms with Gasteiger partial charge in [0, 0.05) is 38.3 Å². The number of rotatable bonds is 4. The van der Waals surface area contributed by atoms with Crippen LogP contribution >= 0.6 is 0 Å². The summed E-state index contributed by atoms with van der Waals surface area (Å²) in [7, 11) is -3.64. The molecular weight excluding hydrogens is 402 g/mol. The highest BCUT2D eigenvalue weighted by molar-refractivity contribution is 7.94. The molecule has 0 unspecified atom stereocenters. The van der Waals surface area contributed by atoms with E-state index in [0.29, 0.717) is 18.7 Å². The van der Waals surface area contributed by atoms with Crippen LogP contribution in [0.25, 0.3) is 0 Å². The molecule has 0 bridgehead atoms. The zero-order chi connectivity index (χ0) is 21.3. The molecule has 0 aliphatic carbocycles. The minimum absolute atomic E-state index is 0.0788. The normalized spacial score (nSPS) is 21.8. The van der Waals surface area contributed by atoms with Crippen LogP contribution in [-0.2, 0) is 21.4 Å². The van der Waals surface area contributed by atoms with Crippen molar-refractivity contribution in [3.05, 3.63) is 65.7 Å². The van der Waals surface area contributed by atoms with Gasteiger partial charge in [0.2, 0.25) is 15.9 Å². The molecule has 2 amide bonds. The topological polar surface area (TPSA) is 78.0 Å². The van der Waals surface area contributed by atoms with Gasteiger partial charge in [-0.15, -0.1) is 0 Å². The lowest BCUT2D eigenvalue weighted by Crippen LogP contribution is -2.48. The molecule has 2 aromatic carbocycles. The maximum absolute atomic E-state index is 12.8. The van der Waals surface area contributed by atoms with Gasteiger partial charge >= 0.3 is 0 Å². The fourth-order valence-corrected chi connectivity index (χ4v) is 5.78. The van der Waals surface area contributed by atoms with Crippen molar-refractivity contribution in [1.82, 2.24) is 9.80 Å². The number of piperazine rings is 1. The monoisotopic (exact) mass is 427 g/mol. The fourth-order valence-electron chi connectivity index (χ4n) is 3.96. The van der Waals surface area contributed by atoms with Gasteiger partial charge in [0.05, 0.1) is 17.4 Å². The second-order valence-corrected chi connectivity index (χ2v) is 9.75. The number of amides is 2. The molecule has 2 aliphatic rings. The summed E-state index contributed by atoms with van der Waals surface area (Å²) in [4.78, 5) is 29.2. The molecule has 0 saturated carbocycles. The molecule has 0 N–H and O–H groups in total. The molecule has 158 valence electrons. The van der Waals surface area contributed by atoms with E-state index in [-0.39, 0.29) is 17.3 Å². The number of anilines is 1. The predicted molar refractivity (Wildman–Crippen MR) is 115 cm³/mol. The third kappa shape index (κ3) is 4.11. The van der Waals surface area contributed by atoms with Crippen molar-refractivity contribution < 1.29 is 18.0 Å². The fraction of sp³-hybridized carbons (Fsp3) is 0.364. The van der Waals surface area contributed by atoms with E-state index in [2.05, 4.69) is 17.0 Å². The first kappa shape index (κ1) is 20.6. The second kappa shape index (κ2) is 8.20. The van der Waals surface area contributed by atoms with Gasteiger partial charge < -0.3 is 4.90 Å².